The molecule has 0 spiro atoms. The zero-order chi connectivity index (χ0) is 18.8. The van der Waals surface area contributed by atoms with Gasteiger partial charge in [0.2, 0.25) is 5.78 Å². The van der Waals surface area contributed by atoms with Crippen molar-refractivity contribution in [1.82, 2.24) is 5.32 Å². The predicted octanol–water partition coefficient (Wildman–Crippen LogP) is 4.01. The van der Waals surface area contributed by atoms with E-state index in [1.807, 2.05) is 0 Å². The lowest BCUT2D eigenvalue weighted by Crippen LogP contribution is -2.11. The van der Waals surface area contributed by atoms with Gasteiger partial charge in [0.25, 0.3) is 0 Å². The molecule has 0 saturated carbocycles. The molecule has 0 fully saturated rings. The van der Waals surface area contributed by atoms with Crippen LogP contribution >= 0.6 is 23.2 Å². The third-order valence-electron chi connectivity index (χ3n) is 4.01. The summed E-state index contributed by atoms with van der Waals surface area (Å²) in [6.45, 7) is 0. The van der Waals surface area contributed by atoms with Gasteiger partial charge in [-0.3, -0.25) is 4.79 Å². The van der Waals surface area contributed by atoms with Crippen molar-refractivity contribution in [3.05, 3.63) is 75.1 Å². The molecule has 0 aliphatic carbocycles. The largest absolute Gasteiger partial charge is 0.465 e. The molecule has 0 saturated heterocycles. The zero-order valence-electron chi connectivity index (χ0n) is 14.0. The normalized spacial score (nSPS) is 16.5. The Kier molecular flexibility index (Phi) is 5.20. The fraction of sp³-hybridized carbons (Fsp3) is 0.158. The van der Waals surface area contributed by atoms with Crippen LogP contribution in [-0.2, 0) is 14.3 Å². The van der Waals surface area contributed by atoms with Gasteiger partial charge in [-0.1, -0.05) is 47.5 Å². The van der Waals surface area contributed by atoms with E-state index in [0.29, 0.717) is 33.2 Å². The van der Waals surface area contributed by atoms with Gasteiger partial charge in [-0.2, -0.15) is 0 Å². The fourth-order valence-corrected chi connectivity index (χ4v) is 3.18. The van der Waals surface area contributed by atoms with Gasteiger partial charge < -0.3 is 14.8 Å². The summed E-state index contributed by atoms with van der Waals surface area (Å²) in [6, 6.07) is 11.6. The van der Waals surface area contributed by atoms with Gasteiger partial charge in [0.1, 0.15) is 0 Å². The lowest BCUT2D eigenvalue weighted by Gasteiger charge is -2.13. The van der Waals surface area contributed by atoms with Crippen LogP contribution in [-0.4, -0.2) is 25.9 Å². The molecule has 2 aromatic rings. The number of methoxy groups -OCH3 is 1. The SMILES string of the molecule is CNC1=C(c2cccc(C(=O)OC)c2)C(=O)C(c2cccc(Cl)c2Cl)O1. The second-order valence-corrected chi connectivity index (χ2v) is 6.32. The Hall–Kier alpha value is -2.50. The van der Waals surface area contributed by atoms with Gasteiger partial charge in [0.15, 0.2) is 12.0 Å². The third-order valence-corrected chi connectivity index (χ3v) is 4.84. The molecule has 0 radical (unpaired) electrons. The highest BCUT2D eigenvalue weighted by Crippen LogP contribution is 2.41. The highest BCUT2D eigenvalue weighted by atomic mass is 35.5. The van der Waals surface area contributed by atoms with Gasteiger partial charge >= 0.3 is 5.97 Å². The Morgan fingerprint density at radius 1 is 1.19 bits per heavy atom. The Morgan fingerprint density at radius 2 is 1.92 bits per heavy atom. The van der Waals surface area contributed by atoms with E-state index in [-0.39, 0.29) is 10.8 Å². The van der Waals surface area contributed by atoms with Gasteiger partial charge in [0, 0.05) is 12.6 Å². The first-order valence-corrected chi connectivity index (χ1v) is 8.49. The average molecular weight is 392 g/mol. The summed E-state index contributed by atoms with van der Waals surface area (Å²) >= 11 is 12.3. The number of hydrogen-bond acceptors (Lipinski definition) is 5. The zero-order valence-corrected chi connectivity index (χ0v) is 15.5. The Labute approximate surface area is 160 Å². The molecule has 1 unspecified atom stereocenters. The molecule has 1 atom stereocenters. The number of ketones is 1. The highest BCUT2D eigenvalue weighted by Gasteiger charge is 2.38. The summed E-state index contributed by atoms with van der Waals surface area (Å²) < 4.78 is 10.5. The third kappa shape index (κ3) is 3.16. The minimum atomic E-state index is -0.916. The first-order valence-electron chi connectivity index (χ1n) is 7.73. The molecule has 1 aliphatic heterocycles. The lowest BCUT2D eigenvalue weighted by molar-refractivity contribution is -0.120. The quantitative estimate of drug-likeness (QED) is 0.797. The molecule has 0 aromatic heterocycles. The summed E-state index contributed by atoms with van der Waals surface area (Å²) in [5.74, 6) is -0.460. The molecule has 134 valence electrons. The molecule has 1 heterocycles. The summed E-state index contributed by atoms with van der Waals surface area (Å²) in [7, 11) is 2.95. The molecule has 3 rings (SSSR count). The first-order chi connectivity index (χ1) is 12.5. The lowest BCUT2D eigenvalue weighted by atomic mass is 9.96. The average Bonchev–Trinajstić information content (AvgIpc) is 2.99. The minimum absolute atomic E-state index is 0.271. The van der Waals surface area contributed by atoms with Crippen molar-refractivity contribution in [1.29, 1.82) is 0 Å². The van der Waals surface area contributed by atoms with Crippen LogP contribution in [0.5, 0.6) is 0 Å². The number of rotatable bonds is 4. The van der Waals surface area contributed by atoms with Gasteiger partial charge in [-0.25, -0.2) is 4.79 Å². The van der Waals surface area contributed by atoms with Crippen LogP contribution in [0.3, 0.4) is 0 Å². The van der Waals surface area contributed by atoms with Gasteiger partial charge in [-0.15, -0.1) is 0 Å². The van der Waals surface area contributed by atoms with E-state index in [0.717, 1.165) is 0 Å². The Morgan fingerprint density at radius 3 is 2.62 bits per heavy atom. The maximum Gasteiger partial charge on any atom is 0.337 e. The van der Waals surface area contributed by atoms with Crippen molar-refractivity contribution in [3.63, 3.8) is 0 Å². The molecule has 1 N–H and O–H groups in total. The number of Topliss-reactive ketones (excluding diaryl/α,β-unsaturated/α-hetero) is 1. The molecule has 2 aromatic carbocycles. The number of esters is 1. The summed E-state index contributed by atoms with van der Waals surface area (Å²) in [5, 5.41) is 3.50. The number of halogens is 2. The maximum atomic E-state index is 13.0. The monoisotopic (exact) mass is 391 g/mol. The number of ether oxygens (including phenoxy) is 2. The van der Waals surface area contributed by atoms with Crippen molar-refractivity contribution < 1.29 is 19.1 Å². The van der Waals surface area contributed by atoms with Crippen LogP contribution in [0, 0.1) is 0 Å². The smallest absolute Gasteiger partial charge is 0.337 e. The van der Waals surface area contributed by atoms with E-state index in [9.17, 15) is 9.59 Å². The summed E-state index contributed by atoms with van der Waals surface area (Å²) in [6.07, 6.45) is -0.916. The molecule has 1 aliphatic rings. The van der Waals surface area contributed by atoms with E-state index < -0.39 is 12.1 Å². The minimum Gasteiger partial charge on any atom is -0.465 e. The number of hydrogen-bond donors (Lipinski definition) is 1. The highest BCUT2D eigenvalue weighted by molar-refractivity contribution is 6.42. The van der Waals surface area contributed by atoms with Crippen LogP contribution in [0.15, 0.2) is 48.3 Å². The van der Waals surface area contributed by atoms with Crippen molar-refractivity contribution in [2.45, 2.75) is 6.10 Å². The van der Waals surface area contributed by atoms with E-state index in [1.54, 1.807) is 49.5 Å². The van der Waals surface area contributed by atoms with Crippen LogP contribution in [0.4, 0.5) is 0 Å². The molecule has 5 nitrogen and oxygen atoms in total. The second kappa shape index (κ2) is 7.40. The van der Waals surface area contributed by atoms with Gasteiger partial charge in [-0.05, 0) is 23.8 Å². The fourth-order valence-electron chi connectivity index (χ4n) is 2.78. The number of benzene rings is 2. The van der Waals surface area contributed by atoms with Crippen LogP contribution < -0.4 is 5.32 Å². The summed E-state index contributed by atoms with van der Waals surface area (Å²) in [4.78, 5) is 24.8. The maximum absolute atomic E-state index is 13.0. The van der Waals surface area contributed by atoms with E-state index in [4.69, 9.17) is 32.7 Å². The molecule has 0 amide bonds. The predicted molar refractivity (Wildman–Crippen MR) is 99.1 cm³/mol. The molecule has 26 heavy (non-hydrogen) atoms. The van der Waals surface area contributed by atoms with E-state index in [1.165, 1.54) is 7.11 Å². The molecule has 7 heteroatoms. The molecular weight excluding hydrogens is 377 g/mol. The summed E-state index contributed by atoms with van der Waals surface area (Å²) in [5.41, 5.74) is 1.70. The van der Waals surface area contributed by atoms with Crippen LogP contribution in [0.1, 0.15) is 27.6 Å². The van der Waals surface area contributed by atoms with Gasteiger partial charge in [0.05, 0.1) is 28.3 Å². The number of nitrogens with one attached hydrogen (secondary N) is 1. The number of carbonyl (C=O) groups excluding carboxylic acids is 2. The molecular formula is C19H15Cl2NO4. The first kappa shape index (κ1) is 18.3. The topological polar surface area (TPSA) is 64.6 Å². The van der Waals surface area contributed by atoms with Crippen molar-refractivity contribution in [3.8, 4) is 0 Å². The molecule has 0 bridgehead atoms. The Balaban J connectivity index is 2.03. The van der Waals surface area contributed by atoms with Crippen LogP contribution in [0.2, 0.25) is 10.0 Å². The number of carbonyl (C=O) groups is 2. The van der Waals surface area contributed by atoms with Crippen molar-refractivity contribution >= 4 is 40.5 Å². The van der Waals surface area contributed by atoms with Crippen molar-refractivity contribution in [2.75, 3.05) is 14.2 Å². The van der Waals surface area contributed by atoms with E-state index in [2.05, 4.69) is 5.32 Å². The Bertz CT molecular complexity index is 924. The second-order valence-electron chi connectivity index (χ2n) is 5.53. The van der Waals surface area contributed by atoms with Crippen LogP contribution in [0.25, 0.3) is 5.57 Å². The standard InChI is InChI=1S/C19H15Cl2NO4/c1-22-18-14(10-5-3-6-11(9-10)19(24)25-2)16(23)17(26-18)12-7-4-8-13(20)15(12)21/h3-9,17,22H,1-2H3. The van der Waals surface area contributed by atoms with Crippen molar-refractivity contribution in [2.24, 2.45) is 0 Å². The van der Waals surface area contributed by atoms with E-state index >= 15 is 0 Å².